The van der Waals surface area contributed by atoms with Crippen molar-refractivity contribution in [2.45, 2.75) is 19.4 Å². The van der Waals surface area contributed by atoms with Crippen LogP contribution >= 0.6 is 0 Å². The molecule has 0 aromatic heterocycles. The van der Waals surface area contributed by atoms with Crippen LogP contribution in [0, 0.1) is 5.41 Å². The Morgan fingerprint density at radius 3 is 2.29 bits per heavy atom. The minimum Gasteiger partial charge on any atom is -0.493 e. The topological polar surface area (TPSA) is 88.8 Å². The maximum absolute atomic E-state index is 10.7. The first-order valence-corrected chi connectivity index (χ1v) is 9.91. The Bertz CT molecular complexity index is 1020. The molecule has 0 unspecified atom stereocenters. The summed E-state index contributed by atoms with van der Waals surface area (Å²) in [5.74, 6) is 1.02. The first-order chi connectivity index (χ1) is 15.0. The maximum atomic E-state index is 10.7. The molecule has 6 heteroatoms. The smallest absolute Gasteiger partial charge is 0.303 e. The zero-order valence-corrected chi connectivity index (χ0v) is 17.3. The molecule has 0 bridgehead atoms. The number of rotatable bonds is 11. The van der Waals surface area contributed by atoms with Gasteiger partial charge in [-0.3, -0.25) is 4.79 Å². The molecule has 0 aliphatic carbocycles. The third-order valence-corrected chi connectivity index (χ3v) is 4.68. The van der Waals surface area contributed by atoms with E-state index in [4.69, 9.17) is 24.7 Å². The van der Waals surface area contributed by atoms with E-state index < -0.39 is 5.97 Å². The molecular formula is C25H25NO5. The van der Waals surface area contributed by atoms with Crippen LogP contribution in [0.25, 0.3) is 0 Å². The normalized spacial score (nSPS) is 10.4. The van der Waals surface area contributed by atoms with Crippen molar-refractivity contribution in [2.24, 2.45) is 0 Å². The molecule has 3 aromatic carbocycles. The minimum atomic E-state index is -0.830. The molecule has 0 aliphatic heterocycles. The van der Waals surface area contributed by atoms with Gasteiger partial charge in [-0.15, -0.1) is 0 Å². The Balaban J connectivity index is 1.53. The van der Waals surface area contributed by atoms with E-state index in [-0.39, 0.29) is 13.0 Å². The molecule has 31 heavy (non-hydrogen) atoms. The number of carboxylic acids is 1. The summed E-state index contributed by atoms with van der Waals surface area (Å²) in [6, 6.07) is 22.5. The minimum absolute atomic E-state index is 0.0720. The molecule has 6 nitrogen and oxygen atoms in total. The van der Waals surface area contributed by atoms with Crippen molar-refractivity contribution in [1.29, 1.82) is 5.41 Å². The van der Waals surface area contributed by atoms with Gasteiger partial charge in [0.15, 0.2) is 11.5 Å². The van der Waals surface area contributed by atoms with Gasteiger partial charge in [0, 0.05) is 6.42 Å². The molecule has 0 saturated carbocycles. The Morgan fingerprint density at radius 1 is 0.903 bits per heavy atom. The van der Waals surface area contributed by atoms with E-state index >= 15 is 0 Å². The van der Waals surface area contributed by atoms with Crippen molar-refractivity contribution >= 4 is 11.7 Å². The second kappa shape index (κ2) is 10.8. The fourth-order valence-electron chi connectivity index (χ4n) is 2.96. The van der Waals surface area contributed by atoms with E-state index in [0.29, 0.717) is 36.0 Å². The van der Waals surface area contributed by atoms with E-state index in [1.54, 1.807) is 19.2 Å². The number of aliphatic carboxylic acids is 1. The molecule has 0 aliphatic rings. The molecule has 160 valence electrons. The third kappa shape index (κ3) is 6.60. The standard InChI is InChI=1S/C25H25NO5/c1-29-24-15-18(10-14-25(27)28)9-13-23(24)31-16-19-7-11-21(12-8-19)30-17-22(26)20-5-3-2-4-6-20/h2-9,11-13,15,26H,10,14,16-17H2,1H3,(H,27,28). The number of hydrogen-bond donors (Lipinski definition) is 2. The molecule has 0 spiro atoms. The van der Waals surface area contributed by atoms with E-state index in [2.05, 4.69) is 0 Å². The number of aryl methyl sites for hydroxylation is 1. The average molecular weight is 419 g/mol. The lowest BCUT2D eigenvalue weighted by atomic mass is 10.1. The highest BCUT2D eigenvalue weighted by Crippen LogP contribution is 2.29. The van der Waals surface area contributed by atoms with Crippen molar-refractivity contribution in [2.75, 3.05) is 13.7 Å². The second-order valence-electron chi connectivity index (χ2n) is 6.94. The fraction of sp³-hybridized carbons (Fsp3) is 0.200. The van der Waals surface area contributed by atoms with Crippen LogP contribution in [0.15, 0.2) is 72.8 Å². The lowest BCUT2D eigenvalue weighted by Gasteiger charge is -2.13. The van der Waals surface area contributed by atoms with Crippen LogP contribution in [0.5, 0.6) is 17.2 Å². The molecule has 0 fully saturated rings. The molecule has 3 aromatic rings. The quantitative estimate of drug-likeness (QED) is 0.438. The zero-order chi connectivity index (χ0) is 22.1. The summed E-state index contributed by atoms with van der Waals surface area (Å²) in [6.07, 6.45) is 0.512. The lowest BCUT2D eigenvalue weighted by molar-refractivity contribution is -0.136. The SMILES string of the molecule is COc1cc(CCC(=O)O)ccc1OCc1ccc(OCC(=N)c2ccccc2)cc1. The average Bonchev–Trinajstić information content (AvgIpc) is 2.81. The Kier molecular flexibility index (Phi) is 7.65. The summed E-state index contributed by atoms with van der Waals surface area (Å²) in [4.78, 5) is 10.7. The molecule has 0 saturated heterocycles. The first-order valence-electron chi connectivity index (χ1n) is 9.91. The Morgan fingerprint density at radius 2 is 1.61 bits per heavy atom. The van der Waals surface area contributed by atoms with Crippen molar-refractivity contribution in [3.8, 4) is 17.2 Å². The van der Waals surface area contributed by atoms with Crippen molar-refractivity contribution in [1.82, 2.24) is 0 Å². The molecule has 2 N–H and O–H groups in total. The van der Waals surface area contributed by atoms with Gasteiger partial charge < -0.3 is 24.7 Å². The second-order valence-corrected chi connectivity index (χ2v) is 6.94. The predicted molar refractivity (Wildman–Crippen MR) is 118 cm³/mol. The van der Waals surface area contributed by atoms with Gasteiger partial charge >= 0.3 is 5.97 Å². The summed E-state index contributed by atoms with van der Waals surface area (Å²) >= 11 is 0. The van der Waals surface area contributed by atoms with Gasteiger partial charge in [-0.25, -0.2) is 0 Å². The summed E-state index contributed by atoms with van der Waals surface area (Å²) in [7, 11) is 1.56. The van der Waals surface area contributed by atoms with Crippen LogP contribution < -0.4 is 14.2 Å². The number of benzene rings is 3. The van der Waals surface area contributed by atoms with Gasteiger partial charge in [0.2, 0.25) is 0 Å². The van der Waals surface area contributed by atoms with Crippen LogP contribution in [0.4, 0.5) is 0 Å². The van der Waals surface area contributed by atoms with Crippen molar-refractivity contribution in [3.05, 3.63) is 89.5 Å². The number of nitrogens with one attached hydrogen (secondary N) is 1. The van der Waals surface area contributed by atoms with Gasteiger partial charge in [-0.05, 0) is 47.4 Å². The first kappa shape index (κ1) is 21.9. The van der Waals surface area contributed by atoms with Gasteiger partial charge in [0.1, 0.15) is 19.0 Å². The highest BCUT2D eigenvalue weighted by Gasteiger charge is 2.08. The van der Waals surface area contributed by atoms with E-state index in [1.807, 2.05) is 60.7 Å². The molecule has 0 radical (unpaired) electrons. The lowest BCUT2D eigenvalue weighted by Crippen LogP contribution is -2.11. The zero-order valence-electron chi connectivity index (χ0n) is 17.3. The predicted octanol–water partition coefficient (Wildman–Crippen LogP) is 4.74. The summed E-state index contributed by atoms with van der Waals surface area (Å²) in [5.41, 5.74) is 3.11. The van der Waals surface area contributed by atoms with Gasteiger partial charge in [0.25, 0.3) is 0 Å². The van der Waals surface area contributed by atoms with E-state index in [0.717, 1.165) is 16.7 Å². The van der Waals surface area contributed by atoms with Crippen molar-refractivity contribution < 1.29 is 24.1 Å². The van der Waals surface area contributed by atoms with Crippen LogP contribution in [0.2, 0.25) is 0 Å². The molecule has 3 rings (SSSR count). The van der Waals surface area contributed by atoms with Gasteiger partial charge in [-0.2, -0.15) is 0 Å². The Labute approximate surface area is 181 Å². The molecule has 0 atom stereocenters. The highest BCUT2D eigenvalue weighted by molar-refractivity contribution is 5.99. The molecule has 0 amide bonds. The number of ether oxygens (including phenoxy) is 3. The van der Waals surface area contributed by atoms with E-state index in [1.165, 1.54) is 0 Å². The number of carboxylic acid groups (broad SMARTS) is 1. The van der Waals surface area contributed by atoms with Gasteiger partial charge in [0.05, 0.1) is 12.8 Å². The summed E-state index contributed by atoms with van der Waals surface area (Å²) < 4.78 is 17.0. The van der Waals surface area contributed by atoms with Crippen LogP contribution in [-0.2, 0) is 17.8 Å². The molecule has 0 heterocycles. The van der Waals surface area contributed by atoms with Crippen molar-refractivity contribution in [3.63, 3.8) is 0 Å². The van der Waals surface area contributed by atoms with Crippen LogP contribution in [0.3, 0.4) is 0 Å². The van der Waals surface area contributed by atoms with Gasteiger partial charge in [-0.1, -0.05) is 48.5 Å². The number of carbonyl (C=O) groups is 1. The summed E-state index contributed by atoms with van der Waals surface area (Å²) in [6.45, 7) is 0.552. The number of methoxy groups -OCH3 is 1. The fourth-order valence-corrected chi connectivity index (χ4v) is 2.96. The van der Waals surface area contributed by atoms with Crippen LogP contribution in [0.1, 0.15) is 23.1 Å². The highest BCUT2D eigenvalue weighted by atomic mass is 16.5. The third-order valence-electron chi connectivity index (χ3n) is 4.68. The van der Waals surface area contributed by atoms with Crippen LogP contribution in [-0.4, -0.2) is 30.5 Å². The Hall–Kier alpha value is -3.80. The maximum Gasteiger partial charge on any atom is 0.303 e. The largest absolute Gasteiger partial charge is 0.493 e. The summed E-state index contributed by atoms with van der Waals surface area (Å²) in [5, 5.41) is 16.9. The van der Waals surface area contributed by atoms with E-state index in [9.17, 15) is 4.79 Å². The monoisotopic (exact) mass is 419 g/mol. The number of hydrogen-bond acceptors (Lipinski definition) is 5. The molecular weight excluding hydrogens is 394 g/mol.